The van der Waals surface area contributed by atoms with Crippen molar-refractivity contribution >= 4 is 34.6 Å². The molecular formula is C13H20INO3. The van der Waals surface area contributed by atoms with E-state index in [4.69, 9.17) is 4.74 Å². The van der Waals surface area contributed by atoms with Gasteiger partial charge < -0.3 is 4.74 Å². The molecule has 3 fully saturated rings. The molecule has 0 N–H and O–H groups in total. The van der Waals surface area contributed by atoms with Crippen molar-refractivity contribution < 1.29 is 14.3 Å². The lowest BCUT2D eigenvalue weighted by atomic mass is 9.68. The number of hydrogen-bond donors (Lipinski definition) is 0. The van der Waals surface area contributed by atoms with Gasteiger partial charge in [0.25, 0.3) is 0 Å². The van der Waals surface area contributed by atoms with Crippen molar-refractivity contribution in [3.05, 3.63) is 0 Å². The minimum absolute atomic E-state index is 0.0661. The van der Waals surface area contributed by atoms with Crippen LogP contribution in [0.25, 0.3) is 0 Å². The summed E-state index contributed by atoms with van der Waals surface area (Å²) in [5.41, 5.74) is -0.939. The van der Waals surface area contributed by atoms with Crippen LogP contribution in [0.15, 0.2) is 0 Å². The lowest BCUT2D eigenvalue weighted by Gasteiger charge is -2.53. The van der Waals surface area contributed by atoms with E-state index >= 15 is 0 Å². The molecule has 1 aliphatic carbocycles. The Bertz CT molecular complexity index is 392. The van der Waals surface area contributed by atoms with Crippen LogP contribution in [0.3, 0.4) is 0 Å². The Kier molecular flexibility index (Phi) is 3.19. The molecule has 2 heterocycles. The summed E-state index contributed by atoms with van der Waals surface area (Å²) < 4.78 is 4.99. The van der Waals surface area contributed by atoms with Crippen LogP contribution >= 0.6 is 22.6 Å². The summed E-state index contributed by atoms with van der Waals surface area (Å²) in [6, 6.07) is 0. The number of amides is 2. The first kappa shape index (κ1) is 14.1. The molecule has 0 radical (unpaired) electrons. The molecule has 2 saturated heterocycles. The van der Waals surface area contributed by atoms with E-state index in [9.17, 15) is 9.59 Å². The molecule has 3 rings (SSSR count). The van der Waals surface area contributed by atoms with Crippen LogP contribution in [0.1, 0.15) is 53.4 Å². The van der Waals surface area contributed by atoms with Crippen molar-refractivity contribution in [2.24, 2.45) is 5.41 Å². The summed E-state index contributed by atoms with van der Waals surface area (Å²) in [6.45, 7) is 7.42. The highest BCUT2D eigenvalue weighted by Gasteiger charge is 2.58. The zero-order valence-corrected chi connectivity index (χ0v) is 13.5. The Morgan fingerprint density at radius 1 is 1.28 bits per heavy atom. The topological polar surface area (TPSA) is 46.6 Å². The van der Waals surface area contributed by atoms with Gasteiger partial charge in [-0.2, -0.15) is 0 Å². The summed E-state index contributed by atoms with van der Waals surface area (Å²) in [5, 5.41) is 0. The van der Waals surface area contributed by atoms with E-state index in [0.717, 1.165) is 25.7 Å². The number of ether oxygens (including phenoxy) is 1. The van der Waals surface area contributed by atoms with E-state index in [1.807, 2.05) is 27.7 Å². The quantitative estimate of drug-likeness (QED) is 0.375. The maximum atomic E-state index is 12.5. The number of carbonyl (C=O) groups excluding carboxylic acids is 2. The van der Waals surface area contributed by atoms with Crippen LogP contribution in [0, 0.1) is 5.41 Å². The Morgan fingerprint density at radius 2 is 1.78 bits per heavy atom. The van der Waals surface area contributed by atoms with Crippen LogP contribution in [0.2, 0.25) is 0 Å². The van der Waals surface area contributed by atoms with Crippen molar-refractivity contribution in [2.45, 2.75) is 62.5 Å². The lowest BCUT2D eigenvalue weighted by molar-refractivity contribution is -0.155. The van der Waals surface area contributed by atoms with Gasteiger partial charge in [-0.25, -0.2) is 9.69 Å². The normalized spacial score (nSPS) is 35.8. The predicted molar refractivity (Wildman–Crippen MR) is 76.4 cm³/mol. The summed E-state index contributed by atoms with van der Waals surface area (Å²) >= 11 is 2.25. The van der Waals surface area contributed by atoms with E-state index in [1.54, 1.807) is 0 Å². The van der Waals surface area contributed by atoms with E-state index in [2.05, 4.69) is 22.6 Å². The molecule has 0 aromatic heterocycles. The molecule has 3 aliphatic rings. The molecule has 4 nitrogen and oxygen atoms in total. The molecule has 1 saturated carbocycles. The fourth-order valence-electron chi connectivity index (χ4n) is 2.63. The van der Waals surface area contributed by atoms with Gasteiger partial charge in [0, 0.05) is 5.41 Å². The van der Waals surface area contributed by atoms with Gasteiger partial charge in [0.15, 0.2) is 0 Å². The van der Waals surface area contributed by atoms with Gasteiger partial charge in [-0.05, 0) is 46.5 Å². The van der Waals surface area contributed by atoms with Crippen molar-refractivity contribution in [3.8, 4) is 0 Å². The number of piperidine rings is 2. The Morgan fingerprint density at radius 3 is 2.22 bits per heavy atom. The number of alkyl halides is 1. The monoisotopic (exact) mass is 365 g/mol. The molecule has 0 aromatic carbocycles. The van der Waals surface area contributed by atoms with Gasteiger partial charge in [-0.15, -0.1) is 0 Å². The third-order valence-corrected chi connectivity index (χ3v) is 5.38. The molecule has 5 heteroatoms. The van der Waals surface area contributed by atoms with E-state index in [-0.39, 0.29) is 14.9 Å². The van der Waals surface area contributed by atoms with Crippen molar-refractivity contribution in [1.29, 1.82) is 0 Å². The fraction of sp³-hybridized carbons (Fsp3) is 0.846. The van der Waals surface area contributed by atoms with Gasteiger partial charge in [-0.3, -0.25) is 4.79 Å². The highest BCUT2D eigenvalue weighted by molar-refractivity contribution is 14.1. The summed E-state index contributed by atoms with van der Waals surface area (Å²) in [5.74, 6) is -0.0661. The highest BCUT2D eigenvalue weighted by atomic mass is 127. The summed E-state index contributed by atoms with van der Waals surface area (Å²) in [4.78, 5) is 26.1. The van der Waals surface area contributed by atoms with Crippen molar-refractivity contribution in [1.82, 2.24) is 4.90 Å². The molecule has 2 aliphatic heterocycles. The number of fused-ring (bicyclic) bond motifs is 3. The first-order valence-electron chi connectivity index (χ1n) is 6.34. The number of halogens is 1. The first-order valence-corrected chi connectivity index (χ1v) is 7.42. The molecule has 18 heavy (non-hydrogen) atoms. The van der Waals surface area contributed by atoms with Gasteiger partial charge in [0.2, 0.25) is 5.91 Å². The van der Waals surface area contributed by atoms with Gasteiger partial charge in [0.05, 0.1) is 0 Å². The summed E-state index contributed by atoms with van der Waals surface area (Å²) in [7, 11) is 0. The second-order valence-corrected chi connectivity index (χ2v) is 8.61. The first-order chi connectivity index (χ1) is 8.07. The molecule has 0 spiro atoms. The number of nitrogens with zero attached hydrogens (tertiary/aromatic N) is 1. The van der Waals surface area contributed by atoms with E-state index < -0.39 is 11.7 Å². The largest absolute Gasteiger partial charge is 0.443 e. The van der Waals surface area contributed by atoms with Gasteiger partial charge in [0.1, 0.15) is 9.15 Å². The molecule has 0 aromatic rings. The van der Waals surface area contributed by atoms with E-state index in [1.165, 1.54) is 4.90 Å². The number of hydrogen-bond acceptors (Lipinski definition) is 3. The lowest BCUT2D eigenvalue weighted by Crippen LogP contribution is -2.64. The number of rotatable bonds is 0. The van der Waals surface area contributed by atoms with Gasteiger partial charge in [-0.1, -0.05) is 29.5 Å². The number of imide groups is 1. The third-order valence-electron chi connectivity index (χ3n) is 3.82. The third kappa shape index (κ3) is 2.26. The van der Waals surface area contributed by atoms with Crippen molar-refractivity contribution in [2.75, 3.05) is 0 Å². The zero-order chi connectivity index (χ0) is 13.8. The van der Waals surface area contributed by atoms with Crippen molar-refractivity contribution in [3.63, 3.8) is 0 Å². The fourth-order valence-corrected chi connectivity index (χ4v) is 3.58. The molecule has 2 amide bonds. The highest BCUT2D eigenvalue weighted by Crippen LogP contribution is 2.54. The minimum atomic E-state index is -0.568. The van der Waals surface area contributed by atoms with Gasteiger partial charge >= 0.3 is 6.09 Å². The van der Waals surface area contributed by atoms with Crippen LogP contribution < -0.4 is 0 Å². The second-order valence-electron chi connectivity index (χ2n) is 6.60. The maximum Gasteiger partial charge on any atom is 0.418 e. The Balaban J connectivity index is 2.27. The SMILES string of the molecule is CC(C)(C)OC(=O)N1C(=O)C2(C)CCC1(I)CC2. The average Bonchev–Trinajstić information content (AvgIpc) is 2.19. The minimum Gasteiger partial charge on any atom is -0.443 e. The summed E-state index contributed by atoms with van der Waals surface area (Å²) in [6.07, 6.45) is 2.99. The average molecular weight is 365 g/mol. The molecular weight excluding hydrogens is 345 g/mol. The molecule has 102 valence electrons. The maximum absolute atomic E-state index is 12.5. The standard InChI is InChI=1S/C13H20INO3/c1-11(2,3)18-10(17)15-9(16)12(4)5-7-13(15,14)8-6-12/h5-8H2,1-4H3. The van der Waals surface area contributed by atoms with Crippen LogP contribution in [0.5, 0.6) is 0 Å². The molecule has 0 unspecified atom stereocenters. The van der Waals surface area contributed by atoms with Crippen LogP contribution in [-0.4, -0.2) is 26.0 Å². The van der Waals surface area contributed by atoms with Crippen LogP contribution in [-0.2, 0) is 9.53 Å². The Hall–Kier alpha value is -0.330. The Labute approximate surface area is 122 Å². The number of carbonyl (C=O) groups is 2. The van der Waals surface area contributed by atoms with E-state index in [0.29, 0.717) is 0 Å². The van der Waals surface area contributed by atoms with Crippen LogP contribution in [0.4, 0.5) is 4.79 Å². The smallest absolute Gasteiger partial charge is 0.418 e. The predicted octanol–water partition coefficient (Wildman–Crippen LogP) is 3.48. The zero-order valence-electron chi connectivity index (χ0n) is 11.4. The second kappa shape index (κ2) is 4.08. The molecule has 0 atom stereocenters. The molecule has 2 bridgehead atoms.